The highest BCUT2D eigenvalue weighted by Crippen LogP contribution is 2.15. The molecular weight excluding hydrogens is 223 g/mol. The van der Waals surface area contributed by atoms with Gasteiger partial charge in [-0.05, 0) is 25.7 Å². The van der Waals surface area contributed by atoms with Gasteiger partial charge in [-0.2, -0.15) is 0 Å². The van der Waals surface area contributed by atoms with Crippen LogP contribution in [0, 0.1) is 0 Å². The summed E-state index contributed by atoms with van der Waals surface area (Å²) in [5, 5.41) is 0. The Labute approximate surface area is 99.8 Å². The Hall–Kier alpha value is -0.240. The van der Waals surface area contributed by atoms with Crippen LogP contribution in [-0.4, -0.2) is 11.5 Å². The molecule has 0 saturated heterocycles. The highest BCUT2D eigenvalue weighted by molar-refractivity contribution is 7.32. The van der Waals surface area contributed by atoms with E-state index < -0.39 is 8.25 Å². The van der Waals surface area contributed by atoms with Gasteiger partial charge in [-0.3, -0.25) is 0 Å². The highest BCUT2D eigenvalue weighted by atomic mass is 31.1. The summed E-state index contributed by atoms with van der Waals surface area (Å²) in [5.74, 6) is 0. The third kappa shape index (κ3) is 13.8. The van der Waals surface area contributed by atoms with Crippen LogP contribution in [-0.2, 0) is 9.09 Å². The Kier molecular flexibility index (Phi) is 12.6. The summed E-state index contributed by atoms with van der Waals surface area (Å²) in [7, 11) is -2.39. The fraction of sp³-hybridized carbons (Fsp3) is 0.833. The minimum absolute atomic E-state index is 0.408. The van der Waals surface area contributed by atoms with E-state index >= 15 is 0 Å². The van der Waals surface area contributed by atoms with Crippen LogP contribution in [0.15, 0.2) is 12.2 Å². The predicted octanol–water partition coefficient (Wildman–Crippen LogP) is 4.35. The number of rotatable bonds is 11. The van der Waals surface area contributed by atoms with E-state index in [0.29, 0.717) is 6.61 Å². The fourth-order valence-electron chi connectivity index (χ4n) is 1.50. The van der Waals surface area contributed by atoms with Gasteiger partial charge in [0, 0.05) is 4.57 Å². The maximum Gasteiger partial charge on any atom is 0.694 e. The van der Waals surface area contributed by atoms with Crippen LogP contribution in [0.4, 0.5) is 0 Å². The van der Waals surface area contributed by atoms with Crippen molar-refractivity contribution in [3.05, 3.63) is 12.2 Å². The third-order valence-corrected chi connectivity index (χ3v) is 2.77. The topological polar surface area (TPSA) is 46.5 Å². The molecule has 0 amide bonds. The first-order valence-electron chi connectivity index (χ1n) is 6.21. The van der Waals surface area contributed by atoms with Crippen molar-refractivity contribution in [3.63, 3.8) is 0 Å². The molecule has 0 rings (SSSR count). The molecule has 1 unspecified atom stereocenters. The number of hydrogen-bond donors (Lipinski definition) is 1. The van der Waals surface area contributed by atoms with Crippen molar-refractivity contribution in [2.45, 2.75) is 58.3 Å². The maximum atomic E-state index is 10.2. The molecular formula is C12H24O3P+. The lowest BCUT2D eigenvalue weighted by Gasteiger charge is -1.98. The van der Waals surface area contributed by atoms with Crippen molar-refractivity contribution in [3.8, 4) is 0 Å². The summed E-state index contributed by atoms with van der Waals surface area (Å²) in [4.78, 5) is 8.38. The summed E-state index contributed by atoms with van der Waals surface area (Å²) >= 11 is 0. The quantitative estimate of drug-likeness (QED) is 0.335. The molecule has 0 aliphatic carbocycles. The monoisotopic (exact) mass is 247 g/mol. The molecule has 1 N–H and O–H groups in total. The maximum absolute atomic E-state index is 10.2. The van der Waals surface area contributed by atoms with Crippen LogP contribution in [0.25, 0.3) is 0 Å². The molecule has 0 radical (unpaired) electrons. The second-order valence-corrected chi connectivity index (χ2v) is 4.59. The molecule has 0 aromatic carbocycles. The van der Waals surface area contributed by atoms with Crippen molar-refractivity contribution < 1.29 is 14.0 Å². The van der Waals surface area contributed by atoms with Gasteiger partial charge in [0.05, 0.1) is 0 Å². The second-order valence-electron chi connectivity index (χ2n) is 3.86. The van der Waals surface area contributed by atoms with E-state index in [1.807, 2.05) is 0 Å². The van der Waals surface area contributed by atoms with E-state index in [0.717, 1.165) is 19.3 Å². The average molecular weight is 247 g/mol. The van der Waals surface area contributed by atoms with Crippen LogP contribution in [0.3, 0.4) is 0 Å². The van der Waals surface area contributed by atoms with Gasteiger partial charge in [0.2, 0.25) is 0 Å². The zero-order valence-electron chi connectivity index (χ0n) is 10.2. The van der Waals surface area contributed by atoms with Crippen LogP contribution in [0.1, 0.15) is 58.3 Å². The molecule has 94 valence electrons. The molecule has 0 spiro atoms. The van der Waals surface area contributed by atoms with Gasteiger partial charge in [0.1, 0.15) is 6.61 Å². The Balaban J connectivity index is 2.98. The molecule has 0 aliphatic rings. The Morgan fingerprint density at radius 1 is 1.06 bits per heavy atom. The van der Waals surface area contributed by atoms with Gasteiger partial charge in [-0.1, -0.05) is 44.8 Å². The zero-order valence-corrected chi connectivity index (χ0v) is 11.1. The molecule has 4 heteroatoms. The van der Waals surface area contributed by atoms with Gasteiger partial charge in [-0.15, -0.1) is 9.42 Å². The van der Waals surface area contributed by atoms with E-state index in [-0.39, 0.29) is 0 Å². The smallest absolute Gasteiger partial charge is 0.133 e. The highest BCUT2D eigenvalue weighted by Gasteiger charge is 2.09. The molecule has 0 aromatic heterocycles. The average Bonchev–Trinajstić information content (AvgIpc) is 2.25. The second kappa shape index (κ2) is 12.8. The van der Waals surface area contributed by atoms with E-state index in [9.17, 15) is 4.57 Å². The van der Waals surface area contributed by atoms with Crippen LogP contribution in [0.2, 0.25) is 0 Å². The predicted molar refractivity (Wildman–Crippen MR) is 67.5 cm³/mol. The van der Waals surface area contributed by atoms with Crippen molar-refractivity contribution in [2.75, 3.05) is 6.61 Å². The van der Waals surface area contributed by atoms with Crippen LogP contribution < -0.4 is 0 Å². The first-order chi connectivity index (χ1) is 7.77. The Morgan fingerprint density at radius 2 is 1.69 bits per heavy atom. The summed E-state index contributed by atoms with van der Waals surface area (Å²) in [6.45, 7) is 2.56. The third-order valence-electron chi connectivity index (χ3n) is 2.37. The van der Waals surface area contributed by atoms with E-state index in [2.05, 4.69) is 23.6 Å². The summed E-state index contributed by atoms with van der Waals surface area (Å²) in [6.07, 6.45) is 13.8. The van der Waals surface area contributed by atoms with Crippen molar-refractivity contribution in [1.29, 1.82) is 0 Å². The van der Waals surface area contributed by atoms with Gasteiger partial charge in [0.25, 0.3) is 0 Å². The fourth-order valence-corrected chi connectivity index (χ4v) is 1.78. The molecule has 0 fully saturated rings. The standard InChI is InChI=1S/C12H23O3P/c1-2-3-4-5-6-7-8-9-10-11-12-15-16(13)14/h3-4H,2,5-12H2,1H3/p+1/b4-3-. The summed E-state index contributed by atoms with van der Waals surface area (Å²) in [5.41, 5.74) is 0. The minimum Gasteiger partial charge on any atom is -0.133 e. The SMILES string of the molecule is CC/C=C\CCCCCCCCO[P+](=O)O. The van der Waals surface area contributed by atoms with Crippen molar-refractivity contribution >= 4 is 8.25 Å². The number of hydrogen-bond acceptors (Lipinski definition) is 2. The largest absolute Gasteiger partial charge is 0.694 e. The zero-order chi connectivity index (χ0) is 12.1. The van der Waals surface area contributed by atoms with Gasteiger partial charge in [-0.25, -0.2) is 0 Å². The number of allylic oxidation sites excluding steroid dienone is 2. The molecule has 3 nitrogen and oxygen atoms in total. The van der Waals surface area contributed by atoms with E-state index in [1.54, 1.807) is 0 Å². The van der Waals surface area contributed by atoms with Crippen LogP contribution >= 0.6 is 8.25 Å². The molecule has 0 heterocycles. The van der Waals surface area contributed by atoms with Crippen molar-refractivity contribution in [1.82, 2.24) is 0 Å². The normalized spacial score (nSPS) is 12.2. The van der Waals surface area contributed by atoms with E-state index in [4.69, 9.17) is 4.89 Å². The Bertz CT molecular complexity index is 193. The molecule has 0 aliphatic heterocycles. The molecule has 1 atom stereocenters. The van der Waals surface area contributed by atoms with Crippen molar-refractivity contribution in [2.24, 2.45) is 0 Å². The first kappa shape index (κ1) is 15.8. The molecule has 0 saturated carbocycles. The number of unbranched alkanes of at least 4 members (excludes halogenated alkanes) is 6. The summed E-state index contributed by atoms with van der Waals surface area (Å²) < 4.78 is 14.7. The minimum atomic E-state index is -2.39. The lowest BCUT2D eigenvalue weighted by molar-refractivity contribution is 0.273. The van der Waals surface area contributed by atoms with Gasteiger partial charge >= 0.3 is 8.25 Å². The molecule has 0 bridgehead atoms. The molecule has 0 aromatic rings. The molecule has 16 heavy (non-hydrogen) atoms. The first-order valence-corrected chi connectivity index (χ1v) is 7.34. The van der Waals surface area contributed by atoms with Gasteiger partial charge in [0.15, 0.2) is 0 Å². The lowest BCUT2D eigenvalue weighted by atomic mass is 10.1. The lowest BCUT2D eigenvalue weighted by Crippen LogP contribution is -1.87. The van der Waals surface area contributed by atoms with Gasteiger partial charge < -0.3 is 0 Å². The van der Waals surface area contributed by atoms with Crippen LogP contribution in [0.5, 0.6) is 0 Å². The van der Waals surface area contributed by atoms with E-state index in [1.165, 1.54) is 32.1 Å². The Morgan fingerprint density at radius 3 is 2.31 bits per heavy atom. The summed E-state index contributed by atoms with van der Waals surface area (Å²) in [6, 6.07) is 0.